The molecule has 0 aromatic carbocycles. The fraction of sp³-hybridized carbons (Fsp3) is 0.900. The van der Waals surface area contributed by atoms with Gasteiger partial charge in [-0.25, -0.2) is 0 Å². The number of aliphatic hydroxyl groups is 2. The first-order valence-electron chi connectivity index (χ1n) is 9.64. The molecule has 0 radical (unpaired) electrons. The molecule has 4 aliphatic rings. The summed E-state index contributed by atoms with van der Waals surface area (Å²) in [5.74, 6) is 1.66. The van der Waals surface area contributed by atoms with Gasteiger partial charge in [0.1, 0.15) is 5.60 Å². The minimum atomic E-state index is -0.692. The van der Waals surface area contributed by atoms with Crippen LogP contribution in [0.25, 0.3) is 0 Å². The van der Waals surface area contributed by atoms with Gasteiger partial charge < -0.3 is 19.7 Å². The van der Waals surface area contributed by atoms with Crippen LogP contribution in [0.4, 0.5) is 0 Å². The maximum atomic E-state index is 11.0. The third kappa shape index (κ3) is 2.33. The van der Waals surface area contributed by atoms with E-state index in [1.54, 1.807) is 0 Å². The van der Waals surface area contributed by atoms with Crippen molar-refractivity contribution in [1.29, 1.82) is 0 Å². The van der Waals surface area contributed by atoms with Gasteiger partial charge in [-0.15, -0.1) is 0 Å². The smallest absolute Gasteiger partial charge is 0.118 e. The highest BCUT2D eigenvalue weighted by Crippen LogP contribution is 2.56. The van der Waals surface area contributed by atoms with Crippen LogP contribution < -0.4 is 0 Å². The van der Waals surface area contributed by atoms with Crippen LogP contribution in [0.5, 0.6) is 0 Å². The lowest BCUT2D eigenvalue weighted by Crippen LogP contribution is -2.55. The molecule has 3 aliphatic heterocycles. The van der Waals surface area contributed by atoms with E-state index >= 15 is 0 Å². The molecule has 0 amide bonds. The Hall–Kier alpha value is -0.420. The van der Waals surface area contributed by atoms with Gasteiger partial charge in [0.25, 0.3) is 0 Å². The summed E-state index contributed by atoms with van der Waals surface area (Å²) in [6.07, 6.45) is 3.64. The van der Waals surface area contributed by atoms with Crippen molar-refractivity contribution < 1.29 is 19.7 Å². The lowest BCUT2D eigenvalue weighted by atomic mass is 9.59. The molecule has 4 nitrogen and oxygen atoms in total. The maximum absolute atomic E-state index is 11.0. The number of fused-ring (bicyclic) bond motifs is 2. The normalized spacial score (nSPS) is 59.6. The zero-order chi connectivity index (χ0) is 17.2. The molecule has 1 aliphatic carbocycles. The summed E-state index contributed by atoms with van der Waals surface area (Å²) >= 11 is 0. The number of hydrogen-bond donors (Lipinski definition) is 2. The molecule has 136 valence electrons. The monoisotopic (exact) mass is 336 g/mol. The number of ether oxygens (including phenoxy) is 2. The van der Waals surface area contributed by atoms with Crippen molar-refractivity contribution in [2.24, 2.45) is 29.6 Å². The second-order valence-corrected chi connectivity index (χ2v) is 9.10. The van der Waals surface area contributed by atoms with Crippen molar-refractivity contribution >= 4 is 0 Å². The first kappa shape index (κ1) is 17.0. The number of hydrogen-bond acceptors (Lipinski definition) is 4. The molecule has 2 saturated heterocycles. The molecule has 0 aromatic heterocycles. The van der Waals surface area contributed by atoms with Gasteiger partial charge in [-0.05, 0) is 56.8 Å². The summed E-state index contributed by atoms with van der Waals surface area (Å²) in [6.45, 7) is 9.23. The number of aliphatic hydroxyl groups excluding tert-OH is 2. The summed E-state index contributed by atoms with van der Waals surface area (Å²) in [5.41, 5.74) is 0.555. The first-order chi connectivity index (χ1) is 11.3. The zero-order valence-electron chi connectivity index (χ0n) is 15.3. The largest absolute Gasteiger partial charge is 0.392 e. The van der Waals surface area contributed by atoms with Crippen LogP contribution in [0, 0.1) is 29.6 Å². The predicted octanol–water partition coefficient (Wildman–Crippen LogP) is 2.53. The van der Waals surface area contributed by atoms with Crippen LogP contribution >= 0.6 is 0 Å². The lowest BCUT2D eigenvalue weighted by Gasteiger charge is -2.46. The third-order valence-electron chi connectivity index (χ3n) is 7.49. The van der Waals surface area contributed by atoms with Crippen LogP contribution in [0.3, 0.4) is 0 Å². The van der Waals surface area contributed by atoms with Crippen molar-refractivity contribution in [3.63, 3.8) is 0 Å². The Balaban J connectivity index is 1.83. The second kappa shape index (κ2) is 5.80. The van der Waals surface area contributed by atoms with Gasteiger partial charge >= 0.3 is 0 Å². The van der Waals surface area contributed by atoms with Crippen LogP contribution in [-0.4, -0.2) is 46.8 Å². The standard InChI is InChI=1S/C20H32O4/c1-10-5-6-15(21)20(4)19-16-13(12(3)9-23-20)8-11(2)18(22)17(16)14(7-10)24-19/h5,11-19,21-22H,6-9H2,1-4H3/b10-5-. The lowest BCUT2D eigenvalue weighted by molar-refractivity contribution is -0.183. The summed E-state index contributed by atoms with van der Waals surface area (Å²) < 4.78 is 12.9. The molecule has 1 saturated carbocycles. The van der Waals surface area contributed by atoms with E-state index in [-0.39, 0.29) is 30.1 Å². The molecule has 0 spiro atoms. The Kier molecular flexibility index (Phi) is 4.11. The molecule has 4 rings (SSSR count). The van der Waals surface area contributed by atoms with Crippen molar-refractivity contribution in [3.8, 4) is 0 Å². The van der Waals surface area contributed by atoms with Crippen LogP contribution in [-0.2, 0) is 9.47 Å². The van der Waals surface area contributed by atoms with Gasteiger partial charge in [0.05, 0.1) is 31.0 Å². The van der Waals surface area contributed by atoms with E-state index in [2.05, 4.69) is 26.8 Å². The second-order valence-electron chi connectivity index (χ2n) is 9.10. The molecule has 2 N–H and O–H groups in total. The minimum Gasteiger partial charge on any atom is -0.392 e. The molecule has 10 unspecified atom stereocenters. The summed E-state index contributed by atoms with van der Waals surface area (Å²) in [4.78, 5) is 0. The predicted molar refractivity (Wildman–Crippen MR) is 91.4 cm³/mol. The highest BCUT2D eigenvalue weighted by atomic mass is 16.6. The summed E-state index contributed by atoms with van der Waals surface area (Å²) in [7, 11) is 0. The van der Waals surface area contributed by atoms with E-state index in [1.165, 1.54) is 5.57 Å². The van der Waals surface area contributed by atoms with Gasteiger partial charge in [0.2, 0.25) is 0 Å². The third-order valence-corrected chi connectivity index (χ3v) is 7.49. The Bertz CT molecular complexity index is 532. The average Bonchev–Trinajstić information content (AvgIpc) is 2.89. The Morgan fingerprint density at radius 2 is 1.92 bits per heavy atom. The van der Waals surface area contributed by atoms with Gasteiger partial charge in [-0.2, -0.15) is 0 Å². The van der Waals surface area contributed by atoms with E-state index < -0.39 is 11.7 Å². The van der Waals surface area contributed by atoms with E-state index in [9.17, 15) is 10.2 Å². The average molecular weight is 336 g/mol. The molecular weight excluding hydrogens is 304 g/mol. The molecule has 3 fully saturated rings. The van der Waals surface area contributed by atoms with Crippen molar-refractivity contribution in [2.75, 3.05) is 6.61 Å². The van der Waals surface area contributed by atoms with Gasteiger partial charge in [0, 0.05) is 5.92 Å². The van der Waals surface area contributed by atoms with E-state index in [0.717, 1.165) is 12.8 Å². The van der Waals surface area contributed by atoms with E-state index in [4.69, 9.17) is 9.47 Å². The highest BCUT2D eigenvalue weighted by Gasteiger charge is 2.63. The SMILES string of the molecule is C/C1=C/CC(O)C2(C)OCC(C)C3CC(C)C(O)C4C(C1)OC2C34. The molecule has 2 bridgehead atoms. The molecule has 4 heteroatoms. The van der Waals surface area contributed by atoms with Gasteiger partial charge in [0.15, 0.2) is 0 Å². The number of rotatable bonds is 0. The highest BCUT2D eigenvalue weighted by molar-refractivity contribution is 5.16. The fourth-order valence-corrected chi connectivity index (χ4v) is 5.95. The Morgan fingerprint density at radius 1 is 1.17 bits per heavy atom. The molecular formula is C20H32O4. The zero-order valence-corrected chi connectivity index (χ0v) is 15.3. The molecule has 24 heavy (non-hydrogen) atoms. The first-order valence-corrected chi connectivity index (χ1v) is 9.64. The van der Waals surface area contributed by atoms with Gasteiger partial charge in [-0.3, -0.25) is 0 Å². The van der Waals surface area contributed by atoms with Crippen LogP contribution in [0.1, 0.15) is 47.0 Å². The minimum absolute atomic E-state index is 0.0371. The molecule has 10 atom stereocenters. The van der Waals surface area contributed by atoms with E-state index in [0.29, 0.717) is 30.8 Å². The van der Waals surface area contributed by atoms with Crippen LogP contribution in [0.2, 0.25) is 0 Å². The summed E-state index contributed by atoms with van der Waals surface area (Å²) in [5, 5.41) is 21.9. The Labute approximate surface area is 145 Å². The van der Waals surface area contributed by atoms with Crippen molar-refractivity contribution in [2.45, 2.75) is 77.0 Å². The fourth-order valence-electron chi connectivity index (χ4n) is 5.95. The topological polar surface area (TPSA) is 58.9 Å². The molecule has 0 aromatic rings. The van der Waals surface area contributed by atoms with Crippen LogP contribution in [0.15, 0.2) is 11.6 Å². The molecule has 3 heterocycles. The van der Waals surface area contributed by atoms with E-state index in [1.807, 2.05) is 6.92 Å². The summed E-state index contributed by atoms with van der Waals surface area (Å²) in [6, 6.07) is 0. The maximum Gasteiger partial charge on any atom is 0.118 e. The quantitative estimate of drug-likeness (QED) is 0.668. The van der Waals surface area contributed by atoms with Crippen molar-refractivity contribution in [1.82, 2.24) is 0 Å². The van der Waals surface area contributed by atoms with Crippen molar-refractivity contribution in [3.05, 3.63) is 11.6 Å². The Morgan fingerprint density at radius 3 is 2.67 bits per heavy atom. The van der Waals surface area contributed by atoms with Gasteiger partial charge in [-0.1, -0.05) is 25.5 Å².